The van der Waals surface area contributed by atoms with Crippen LogP contribution in [0.3, 0.4) is 0 Å². The van der Waals surface area contributed by atoms with Crippen molar-refractivity contribution < 1.29 is 9.60 Å². The third-order valence-corrected chi connectivity index (χ3v) is 10.8. The van der Waals surface area contributed by atoms with E-state index in [9.17, 15) is 2.74 Å². The largest absolute Gasteiger partial charge is 0.309 e. The van der Waals surface area contributed by atoms with Crippen molar-refractivity contribution in [3.8, 4) is 39.6 Å². The highest BCUT2D eigenvalue weighted by atomic mass is 15.3. The number of fused-ring (bicyclic) bond motifs is 7. The summed E-state index contributed by atoms with van der Waals surface area (Å²) in [5, 5.41) is 5.70. The number of benzene rings is 9. The summed E-state index contributed by atoms with van der Waals surface area (Å²) in [6, 6.07) is 45.9. The number of para-hydroxylation sites is 2. The molecule has 260 valence electrons. The fourth-order valence-electron chi connectivity index (χ4n) is 8.27. The quantitative estimate of drug-likeness (QED) is 0.182. The Balaban J connectivity index is 1.18. The van der Waals surface area contributed by atoms with Crippen molar-refractivity contribution in [3.05, 3.63) is 188 Å². The number of hydrogen-bond acceptors (Lipinski definition) is 4. The molecular weight excluding hydrogens is 683 g/mol. The number of aromatic nitrogens is 4. The van der Waals surface area contributed by atoms with Crippen LogP contribution in [0.4, 0.5) is 17.3 Å². The van der Waals surface area contributed by atoms with Crippen LogP contribution in [0.1, 0.15) is 9.60 Å². The summed E-state index contributed by atoms with van der Waals surface area (Å²) in [4.78, 5) is 17.3. The van der Waals surface area contributed by atoms with Gasteiger partial charge in [0.05, 0.1) is 32.0 Å². The Bertz CT molecular complexity index is 3790. The Hall–Kier alpha value is -7.63. The lowest BCUT2D eigenvalue weighted by atomic mass is 9.90. The molecule has 11 aromatic rings. The van der Waals surface area contributed by atoms with Gasteiger partial charge in [-0.25, -0.2) is 4.98 Å². The van der Waals surface area contributed by atoms with Crippen LogP contribution in [0.25, 0.3) is 93.7 Å². The van der Waals surface area contributed by atoms with E-state index in [0.29, 0.717) is 5.56 Å². The molecule has 0 N–H and O–H groups in total. The van der Waals surface area contributed by atoms with E-state index in [1.807, 2.05) is 77.7 Å². The summed E-state index contributed by atoms with van der Waals surface area (Å²) in [5.41, 5.74) is 7.18. The fourth-order valence-corrected chi connectivity index (χ4v) is 8.27. The number of rotatable bonds is 4. The molecule has 5 heteroatoms. The molecule has 0 atom stereocenters. The molecule has 0 aliphatic carbocycles. The van der Waals surface area contributed by atoms with Crippen LogP contribution in [-0.4, -0.2) is 19.5 Å². The van der Waals surface area contributed by atoms with Crippen LogP contribution in [0.5, 0.6) is 0 Å². The van der Waals surface area contributed by atoms with Gasteiger partial charge in [0.1, 0.15) is 0 Å². The zero-order valence-corrected chi connectivity index (χ0v) is 29.6. The maximum Gasteiger partial charge on any atom is 0.238 e. The number of anilines is 3. The molecule has 9 aromatic carbocycles. The topological polar surface area (TPSA) is 46.8 Å². The second-order valence-corrected chi connectivity index (χ2v) is 13.9. The minimum Gasteiger partial charge on any atom is -0.309 e. The SMILES string of the molecule is [2H]c1c([2H])c([2H])c2c([2H])c(-c3nc(-c4ccc5c(c4)c4ccccc4n5-c4ccccc4)nc(N4c5cc6ccccc6cc5-c5cccc6cccc4c56)n3)c([2H])c([2H])c2c1[2H]. The molecule has 5 nitrogen and oxygen atoms in total. The summed E-state index contributed by atoms with van der Waals surface area (Å²) in [7, 11) is 0. The molecule has 2 aromatic heterocycles. The van der Waals surface area contributed by atoms with Crippen molar-refractivity contribution in [2.24, 2.45) is 0 Å². The van der Waals surface area contributed by atoms with E-state index >= 15 is 0 Å². The first-order valence-electron chi connectivity index (χ1n) is 21.9. The third-order valence-electron chi connectivity index (χ3n) is 10.8. The highest BCUT2D eigenvalue weighted by Crippen LogP contribution is 2.51. The predicted octanol–water partition coefficient (Wildman–Crippen LogP) is 13.2. The van der Waals surface area contributed by atoms with Gasteiger partial charge in [-0.3, -0.25) is 4.90 Å². The van der Waals surface area contributed by atoms with E-state index in [0.717, 1.165) is 71.5 Å². The lowest BCUT2D eigenvalue weighted by molar-refractivity contribution is 1.02. The summed E-state index contributed by atoms with van der Waals surface area (Å²) in [6.45, 7) is 0. The molecule has 1 aliphatic rings. The Morgan fingerprint density at radius 3 is 2.04 bits per heavy atom. The number of nitrogens with zero attached hydrogens (tertiary/aromatic N) is 5. The van der Waals surface area contributed by atoms with Crippen molar-refractivity contribution in [2.75, 3.05) is 4.90 Å². The zero-order chi connectivity index (χ0) is 42.8. The van der Waals surface area contributed by atoms with Crippen LogP contribution in [0.2, 0.25) is 0 Å². The minimum atomic E-state index is -0.535. The van der Waals surface area contributed by atoms with Crippen LogP contribution in [0, 0.1) is 0 Å². The first-order valence-corrected chi connectivity index (χ1v) is 18.4. The van der Waals surface area contributed by atoms with Gasteiger partial charge in [-0.05, 0) is 93.1 Å². The Morgan fingerprint density at radius 2 is 1.16 bits per heavy atom. The van der Waals surface area contributed by atoms with Crippen LogP contribution >= 0.6 is 0 Å². The molecule has 0 saturated heterocycles. The molecule has 0 bridgehead atoms. The van der Waals surface area contributed by atoms with E-state index in [2.05, 4.69) is 77.4 Å². The van der Waals surface area contributed by atoms with Crippen molar-refractivity contribution >= 4 is 71.4 Å². The van der Waals surface area contributed by atoms with Gasteiger partial charge >= 0.3 is 0 Å². The van der Waals surface area contributed by atoms with Gasteiger partial charge < -0.3 is 4.57 Å². The van der Waals surface area contributed by atoms with Crippen LogP contribution in [-0.2, 0) is 0 Å². The minimum absolute atomic E-state index is 0.0759. The summed E-state index contributed by atoms with van der Waals surface area (Å²) >= 11 is 0. The third kappa shape index (κ3) is 4.64. The van der Waals surface area contributed by atoms with Gasteiger partial charge in [0, 0.05) is 38.5 Å². The van der Waals surface area contributed by atoms with Gasteiger partial charge in [0.15, 0.2) is 11.6 Å². The predicted molar refractivity (Wildman–Crippen MR) is 231 cm³/mol. The van der Waals surface area contributed by atoms with E-state index in [-0.39, 0.29) is 40.0 Å². The lowest BCUT2D eigenvalue weighted by Crippen LogP contribution is -2.19. The van der Waals surface area contributed by atoms with E-state index in [4.69, 9.17) is 21.8 Å². The van der Waals surface area contributed by atoms with E-state index in [1.54, 1.807) is 0 Å². The van der Waals surface area contributed by atoms with E-state index in [1.165, 1.54) is 0 Å². The Kier molecular flexibility index (Phi) is 5.25. The van der Waals surface area contributed by atoms with Crippen LogP contribution in [0.15, 0.2) is 188 Å². The first kappa shape index (κ1) is 24.6. The van der Waals surface area contributed by atoms with Crippen molar-refractivity contribution in [2.45, 2.75) is 0 Å². The summed E-state index contributed by atoms with van der Waals surface area (Å²) in [5.74, 6) is 0.385. The number of hydrogen-bond donors (Lipinski definition) is 0. The Morgan fingerprint density at radius 1 is 0.446 bits per heavy atom. The van der Waals surface area contributed by atoms with E-state index < -0.39 is 36.3 Å². The van der Waals surface area contributed by atoms with Crippen molar-refractivity contribution in [1.82, 2.24) is 19.5 Å². The summed E-state index contributed by atoms with van der Waals surface area (Å²) in [6.07, 6.45) is 0. The highest BCUT2D eigenvalue weighted by molar-refractivity contribution is 6.15. The van der Waals surface area contributed by atoms with Crippen molar-refractivity contribution in [3.63, 3.8) is 0 Å². The van der Waals surface area contributed by atoms with Gasteiger partial charge in [0.25, 0.3) is 0 Å². The molecule has 0 fully saturated rings. The second kappa shape index (κ2) is 11.9. The smallest absolute Gasteiger partial charge is 0.238 e. The molecular formula is C51H31N5. The molecule has 0 spiro atoms. The maximum absolute atomic E-state index is 9.52. The van der Waals surface area contributed by atoms with Gasteiger partial charge in [-0.2, -0.15) is 9.97 Å². The Labute approximate surface area is 332 Å². The maximum atomic E-state index is 9.52. The monoisotopic (exact) mass is 720 g/mol. The van der Waals surface area contributed by atoms with Gasteiger partial charge in [-0.1, -0.05) is 127 Å². The average Bonchev–Trinajstić information content (AvgIpc) is 3.65. The lowest BCUT2D eigenvalue weighted by Gasteiger charge is -2.32. The standard InChI is InChI=1S/C51H31N5/c1-2-18-39(19-3-1)55-44-22-9-8-20-40(44)42-30-38(26-27-45(42)55)50-52-49(37-25-24-32-12-4-5-13-34(32)28-37)53-51(54-50)56-46-23-11-17-33-16-10-21-41(48(33)46)43-29-35-14-6-7-15-36(35)31-47(43)56/h1-31H/i4D,5D,12D,13D,24D,25D,28D. The first-order chi connectivity index (χ1) is 30.7. The average molecular weight is 721 g/mol. The summed E-state index contributed by atoms with van der Waals surface area (Å²) < 4.78 is 64.5. The highest BCUT2D eigenvalue weighted by Gasteiger charge is 2.29. The molecule has 0 radical (unpaired) electrons. The van der Waals surface area contributed by atoms with Gasteiger partial charge in [-0.15, -0.1) is 0 Å². The van der Waals surface area contributed by atoms with Crippen LogP contribution < -0.4 is 4.90 Å². The normalized spacial score (nSPS) is 14.0. The van der Waals surface area contributed by atoms with Crippen molar-refractivity contribution in [1.29, 1.82) is 0 Å². The molecule has 1 aliphatic heterocycles. The second-order valence-electron chi connectivity index (χ2n) is 13.9. The molecule has 3 heterocycles. The molecule has 0 amide bonds. The molecule has 0 saturated carbocycles. The molecule has 0 unspecified atom stereocenters. The fraction of sp³-hybridized carbons (Fsp3) is 0. The van der Waals surface area contributed by atoms with Gasteiger partial charge in [0.2, 0.25) is 5.95 Å². The molecule has 56 heavy (non-hydrogen) atoms. The molecule has 12 rings (SSSR count). The zero-order valence-electron chi connectivity index (χ0n) is 36.6.